The van der Waals surface area contributed by atoms with Crippen LogP contribution in [0, 0.1) is 0 Å². The van der Waals surface area contributed by atoms with E-state index in [9.17, 15) is 52.7 Å². The van der Waals surface area contributed by atoms with Crippen LogP contribution in [0.25, 0.3) is 0 Å². The van der Waals surface area contributed by atoms with Gasteiger partial charge in [0.25, 0.3) is 6.43 Å². The Kier molecular flexibility index (Phi) is 7.24. The highest BCUT2D eigenvalue weighted by Gasteiger charge is 2.85. The van der Waals surface area contributed by atoms with E-state index in [1.165, 1.54) is 19.6 Å². The van der Waals surface area contributed by atoms with Gasteiger partial charge < -0.3 is 0 Å². The monoisotopic (exact) mass is 430 g/mol. The molecule has 0 rings (SSSR count). The maximum atomic E-state index is 14.1. The summed E-state index contributed by atoms with van der Waals surface area (Å²) in [5, 5.41) is 0. The third kappa shape index (κ3) is 3.96. The van der Waals surface area contributed by atoms with Gasteiger partial charge in [0, 0.05) is 0 Å². The van der Waals surface area contributed by atoms with Crippen LogP contribution in [0.4, 0.5) is 52.7 Å². The maximum absolute atomic E-state index is 14.1. The minimum Gasteiger partial charge on any atom is -0.241 e. The van der Waals surface area contributed by atoms with Crippen LogP contribution in [0.2, 0.25) is 25.2 Å². The molecular weight excluding hydrogens is 412 g/mol. The van der Waals surface area contributed by atoms with Crippen molar-refractivity contribution < 1.29 is 52.7 Å². The fourth-order valence-corrected chi connectivity index (χ4v) is 4.75. The Morgan fingerprint density at radius 3 is 1.19 bits per heavy atom. The molecule has 3 atom stereocenters. The van der Waals surface area contributed by atoms with Gasteiger partial charge >= 0.3 is 23.7 Å². The molecule has 0 aliphatic carbocycles. The predicted octanol–water partition coefficient (Wildman–Crippen LogP) is 6.59. The molecular formula is C13H18F12Si. The first-order chi connectivity index (χ1) is 11.2. The molecule has 13 heteroatoms. The van der Waals surface area contributed by atoms with Crippen molar-refractivity contribution in [1.82, 2.24) is 0 Å². The summed E-state index contributed by atoms with van der Waals surface area (Å²) in [6, 6.07) is 0. The van der Waals surface area contributed by atoms with Gasteiger partial charge in [-0.15, -0.1) is 0 Å². The summed E-state index contributed by atoms with van der Waals surface area (Å²) in [5.41, 5.74) is -1.84. The Hall–Kier alpha value is -0.623. The van der Waals surface area contributed by atoms with Crippen molar-refractivity contribution in [2.45, 2.75) is 81.0 Å². The first-order valence-corrected chi connectivity index (χ1v) is 10.9. The summed E-state index contributed by atoms with van der Waals surface area (Å²) in [7, 11) is -3.00. The van der Waals surface area contributed by atoms with Gasteiger partial charge in [0.2, 0.25) is 6.17 Å². The second-order valence-electron chi connectivity index (χ2n) is 6.91. The van der Waals surface area contributed by atoms with Gasteiger partial charge in [-0.2, -0.15) is 35.1 Å². The van der Waals surface area contributed by atoms with E-state index in [0.29, 0.717) is 0 Å². The zero-order valence-corrected chi connectivity index (χ0v) is 15.1. The average molecular weight is 430 g/mol. The number of halogens is 12. The normalized spacial score (nSPS) is 18.8. The zero-order valence-electron chi connectivity index (χ0n) is 14.1. The minimum absolute atomic E-state index is 0.493. The molecule has 158 valence electrons. The van der Waals surface area contributed by atoms with Gasteiger partial charge in [-0.25, -0.2) is 17.6 Å². The fraction of sp³-hybridized carbons (Fsp3) is 1.00. The Labute approximate surface area is 142 Å². The molecule has 0 aliphatic heterocycles. The van der Waals surface area contributed by atoms with Crippen molar-refractivity contribution in [2.75, 3.05) is 0 Å². The van der Waals surface area contributed by atoms with Crippen molar-refractivity contribution in [3.63, 3.8) is 0 Å². The molecule has 0 N–H and O–H groups in total. The standard InChI is InChI=1S/C13H18F12Si/c1-5-6(26(2,3)4)7(14)10(18,19)12(22,23)13(24,25)11(20,21)8(15)9(16)17/h6-9H,5H2,1-4H3. The van der Waals surface area contributed by atoms with Crippen molar-refractivity contribution in [3.8, 4) is 0 Å². The maximum Gasteiger partial charge on any atom is 0.381 e. The Morgan fingerprint density at radius 1 is 0.654 bits per heavy atom. The largest absolute Gasteiger partial charge is 0.381 e. The molecule has 0 amide bonds. The summed E-state index contributed by atoms with van der Waals surface area (Å²) in [6.07, 6.45) is -14.5. The van der Waals surface area contributed by atoms with Crippen molar-refractivity contribution in [1.29, 1.82) is 0 Å². The second kappa shape index (κ2) is 7.42. The molecule has 0 aliphatic rings. The molecule has 0 fully saturated rings. The van der Waals surface area contributed by atoms with Gasteiger partial charge in [-0.05, 0) is 5.54 Å². The van der Waals surface area contributed by atoms with E-state index in [4.69, 9.17) is 0 Å². The number of rotatable bonds is 9. The van der Waals surface area contributed by atoms with Crippen molar-refractivity contribution >= 4 is 8.07 Å². The lowest BCUT2D eigenvalue weighted by molar-refractivity contribution is -0.388. The van der Waals surface area contributed by atoms with Crippen LogP contribution in [0.3, 0.4) is 0 Å². The van der Waals surface area contributed by atoms with Crippen molar-refractivity contribution in [2.24, 2.45) is 0 Å². The molecule has 0 radical (unpaired) electrons. The van der Waals surface area contributed by atoms with Crippen LogP contribution in [0.15, 0.2) is 0 Å². The van der Waals surface area contributed by atoms with Crippen LogP contribution in [-0.2, 0) is 0 Å². The third-order valence-corrected chi connectivity index (χ3v) is 6.98. The van der Waals surface area contributed by atoms with E-state index < -0.39 is 62.5 Å². The summed E-state index contributed by atoms with van der Waals surface area (Å²) < 4.78 is 159. The predicted molar refractivity (Wildman–Crippen MR) is 73.0 cm³/mol. The molecule has 0 aromatic heterocycles. The highest BCUT2D eigenvalue weighted by Crippen LogP contribution is 2.57. The molecule has 3 unspecified atom stereocenters. The lowest BCUT2D eigenvalue weighted by Crippen LogP contribution is -2.68. The quantitative estimate of drug-likeness (QED) is 0.286. The Bertz CT molecular complexity index is 470. The van der Waals surface area contributed by atoms with Crippen LogP contribution in [-0.4, -0.2) is 50.5 Å². The van der Waals surface area contributed by atoms with E-state index in [0.717, 1.165) is 6.92 Å². The minimum atomic E-state index is -7.28. The Balaban J connectivity index is 6.18. The molecule has 0 aromatic carbocycles. The zero-order chi connectivity index (χ0) is 21.5. The molecule has 26 heavy (non-hydrogen) atoms. The summed E-state index contributed by atoms with van der Waals surface area (Å²) in [6.45, 7) is 4.86. The van der Waals surface area contributed by atoms with Crippen LogP contribution in [0.1, 0.15) is 13.3 Å². The van der Waals surface area contributed by atoms with E-state index in [1.807, 2.05) is 0 Å². The smallest absolute Gasteiger partial charge is 0.241 e. The molecule has 0 heterocycles. The van der Waals surface area contributed by atoms with Crippen LogP contribution in [0.5, 0.6) is 0 Å². The number of hydrogen-bond donors (Lipinski definition) is 0. The average Bonchev–Trinajstić information content (AvgIpc) is 2.44. The number of hydrogen-bond acceptors (Lipinski definition) is 0. The van der Waals surface area contributed by atoms with Crippen LogP contribution >= 0.6 is 0 Å². The van der Waals surface area contributed by atoms with Crippen LogP contribution < -0.4 is 0 Å². The summed E-state index contributed by atoms with van der Waals surface area (Å²) in [5.74, 6) is -27.6. The highest BCUT2D eigenvalue weighted by molar-refractivity contribution is 6.77. The number of alkyl halides is 12. The van der Waals surface area contributed by atoms with Gasteiger partial charge in [-0.3, -0.25) is 0 Å². The van der Waals surface area contributed by atoms with Gasteiger partial charge in [-0.1, -0.05) is 33.0 Å². The fourth-order valence-electron chi connectivity index (χ4n) is 2.43. The molecule has 0 bridgehead atoms. The first kappa shape index (κ1) is 25.4. The lowest BCUT2D eigenvalue weighted by Gasteiger charge is -2.41. The molecule has 0 nitrogen and oxygen atoms in total. The molecule has 0 spiro atoms. The van der Waals surface area contributed by atoms with E-state index in [2.05, 4.69) is 0 Å². The lowest BCUT2D eigenvalue weighted by atomic mass is 9.92. The topological polar surface area (TPSA) is 0 Å². The molecule has 0 aromatic rings. The van der Waals surface area contributed by atoms with Gasteiger partial charge in [0.15, 0.2) is 6.17 Å². The second-order valence-corrected chi connectivity index (χ2v) is 12.4. The van der Waals surface area contributed by atoms with Gasteiger partial charge in [0.05, 0.1) is 8.07 Å². The summed E-state index contributed by atoms with van der Waals surface area (Å²) >= 11 is 0. The highest BCUT2D eigenvalue weighted by atomic mass is 28.3. The van der Waals surface area contributed by atoms with E-state index in [-0.39, 0.29) is 0 Å². The van der Waals surface area contributed by atoms with Crippen molar-refractivity contribution in [3.05, 3.63) is 0 Å². The Morgan fingerprint density at radius 2 is 0.962 bits per heavy atom. The SMILES string of the molecule is CCC(C(F)C(F)(F)C(F)(F)C(F)(F)C(F)(F)C(F)C(F)F)[Si](C)(C)C. The molecule has 0 saturated heterocycles. The summed E-state index contributed by atoms with van der Waals surface area (Å²) in [4.78, 5) is 0. The third-order valence-electron chi connectivity index (χ3n) is 4.05. The first-order valence-electron chi connectivity index (χ1n) is 7.28. The molecule has 0 saturated carbocycles. The van der Waals surface area contributed by atoms with E-state index >= 15 is 0 Å². The van der Waals surface area contributed by atoms with Gasteiger partial charge in [0.1, 0.15) is 0 Å². The van der Waals surface area contributed by atoms with E-state index in [1.54, 1.807) is 0 Å².